The molecule has 0 aliphatic carbocycles. The van der Waals surface area contributed by atoms with Gasteiger partial charge in [-0.1, -0.05) is 11.6 Å². The largest absolute Gasteiger partial charge is 0.506 e. The Bertz CT molecular complexity index is 723. The molecule has 0 radical (unpaired) electrons. The van der Waals surface area contributed by atoms with Gasteiger partial charge in [-0.2, -0.15) is 5.10 Å². The van der Waals surface area contributed by atoms with Crippen LogP contribution in [0.2, 0.25) is 5.15 Å². The second-order valence-electron chi connectivity index (χ2n) is 3.87. The first-order valence-electron chi connectivity index (χ1n) is 5.61. The van der Waals surface area contributed by atoms with Gasteiger partial charge in [0.15, 0.2) is 0 Å². The zero-order valence-corrected chi connectivity index (χ0v) is 15.4. The number of hydrogen-bond donors (Lipinski definition) is 2. The van der Waals surface area contributed by atoms with Gasteiger partial charge >= 0.3 is 0 Å². The summed E-state index contributed by atoms with van der Waals surface area (Å²) >= 11 is 9.98. The third kappa shape index (κ3) is 4.27. The molecule has 108 valence electrons. The Kier molecular flexibility index (Phi) is 5.76. The van der Waals surface area contributed by atoms with Gasteiger partial charge in [0.05, 0.1) is 15.3 Å². The van der Waals surface area contributed by atoms with E-state index in [1.807, 2.05) is 28.7 Å². The van der Waals surface area contributed by atoms with Gasteiger partial charge in [0.1, 0.15) is 10.9 Å². The highest BCUT2D eigenvalue weighted by Gasteiger charge is 2.09. The number of phenolic OH excluding ortho intramolecular Hbond substituents is 1. The molecule has 0 unspecified atom stereocenters. The lowest BCUT2D eigenvalue weighted by atomic mass is 10.2. The Morgan fingerprint density at radius 1 is 1.43 bits per heavy atom. The molecule has 2 N–H and O–H groups in total. The van der Waals surface area contributed by atoms with Gasteiger partial charge in [-0.25, -0.2) is 10.4 Å². The topological polar surface area (TPSA) is 74.6 Å². The fraction of sp³-hybridized carbons (Fsp3) is 0. The maximum absolute atomic E-state index is 11.9. The van der Waals surface area contributed by atoms with Gasteiger partial charge in [0, 0.05) is 15.3 Å². The Labute approximate surface area is 153 Å². The van der Waals surface area contributed by atoms with Crippen LogP contribution in [0, 0.1) is 7.14 Å². The van der Waals surface area contributed by atoms with Gasteiger partial charge in [-0.15, -0.1) is 0 Å². The SMILES string of the molecule is O=C(N/N=C/c1cc(I)cc(I)c1O)c1cccnc1Cl. The highest BCUT2D eigenvalue weighted by atomic mass is 127. The van der Waals surface area contributed by atoms with Crippen molar-refractivity contribution < 1.29 is 9.90 Å². The van der Waals surface area contributed by atoms with E-state index in [1.54, 1.807) is 18.2 Å². The Morgan fingerprint density at radius 3 is 2.90 bits per heavy atom. The van der Waals surface area contributed by atoms with Gasteiger partial charge < -0.3 is 5.11 Å². The molecule has 0 fully saturated rings. The second-order valence-corrected chi connectivity index (χ2v) is 6.63. The van der Waals surface area contributed by atoms with E-state index < -0.39 is 5.91 Å². The van der Waals surface area contributed by atoms with Crippen LogP contribution < -0.4 is 5.43 Å². The van der Waals surface area contributed by atoms with E-state index >= 15 is 0 Å². The molecule has 0 bridgehead atoms. The van der Waals surface area contributed by atoms with Crippen LogP contribution in [-0.2, 0) is 0 Å². The Morgan fingerprint density at radius 2 is 2.19 bits per heavy atom. The van der Waals surface area contributed by atoms with Crippen molar-refractivity contribution >= 4 is 68.9 Å². The maximum Gasteiger partial charge on any atom is 0.274 e. The van der Waals surface area contributed by atoms with E-state index in [9.17, 15) is 9.90 Å². The van der Waals surface area contributed by atoms with Crippen LogP contribution in [-0.4, -0.2) is 22.2 Å². The Balaban J connectivity index is 2.13. The lowest BCUT2D eigenvalue weighted by Crippen LogP contribution is -2.18. The molecule has 0 saturated heterocycles. The van der Waals surface area contributed by atoms with Crippen LogP contribution in [0.1, 0.15) is 15.9 Å². The minimum atomic E-state index is -0.468. The summed E-state index contributed by atoms with van der Waals surface area (Å²) in [5, 5.41) is 13.8. The number of rotatable bonds is 3. The molecule has 0 aliphatic rings. The zero-order valence-electron chi connectivity index (χ0n) is 10.3. The predicted molar refractivity (Wildman–Crippen MR) is 97.8 cm³/mol. The number of phenols is 1. The average molecular weight is 527 g/mol. The number of nitrogens with one attached hydrogen (secondary N) is 1. The van der Waals surface area contributed by atoms with Crippen LogP contribution in [0.3, 0.4) is 0 Å². The summed E-state index contributed by atoms with van der Waals surface area (Å²) in [5.74, 6) is -0.349. The summed E-state index contributed by atoms with van der Waals surface area (Å²) in [4.78, 5) is 15.7. The number of halogens is 3. The van der Waals surface area contributed by atoms with Gasteiger partial charge in [-0.3, -0.25) is 4.79 Å². The monoisotopic (exact) mass is 527 g/mol. The first-order valence-corrected chi connectivity index (χ1v) is 8.14. The Hall–Kier alpha value is -0.940. The molecule has 0 aliphatic heterocycles. The molecule has 1 amide bonds. The molecular weight excluding hydrogens is 519 g/mol. The van der Waals surface area contributed by atoms with E-state index in [0.29, 0.717) is 9.13 Å². The van der Waals surface area contributed by atoms with Gasteiger partial charge in [-0.05, 0) is 69.4 Å². The number of amides is 1. The number of aromatic nitrogens is 1. The van der Waals surface area contributed by atoms with E-state index in [1.165, 1.54) is 12.4 Å². The first-order chi connectivity index (χ1) is 9.99. The third-order valence-electron chi connectivity index (χ3n) is 2.43. The van der Waals surface area contributed by atoms with Crippen LogP contribution in [0.15, 0.2) is 35.6 Å². The summed E-state index contributed by atoms with van der Waals surface area (Å²) < 4.78 is 1.67. The van der Waals surface area contributed by atoms with Gasteiger partial charge in [0.2, 0.25) is 0 Å². The number of benzene rings is 1. The summed E-state index contributed by atoms with van der Waals surface area (Å²) in [7, 11) is 0. The third-order valence-corrected chi connectivity index (χ3v) is 4.18. The van der Waals surface area contributed by atoms with E-state index in [4.69, 9.17) is 11.6 Å². The highest BCUT2D eigenvalue weighted by Crippen LogP contribution is 2.25. The van der Waals surface area contributed by atoms with Crippen LogP contribution in [0.4, 0.5) is 0 Å². The van der Waals surface area contributed by atoms with Crippen LogP contribution >= 0.6 is 56.8 Å². The molecule has 5 nitrogen and oxygen atoms in total. The number of carbonyl (C=O) groups is 1. The van der Waals surface area contributed by atoms with Crippen molar-refractivity contribution in [2.24, 2.45) is 5.10 Å². The maximum atomic E-state index is 11.9. The van der Waals surface area contributed by atoms with Crippen molar-refractivity contribution in [1.82, 2.24) is 10.4 Å². The minimum absolute atomic E-state index is 0.108. The summed E-state index contributed by atoms with van der Waals surface area (Å²) in [6.07, 6.45) is 2.87. The standard InChI is InChI=1S/C13H8ClI2N3O2/c14-12-9(2-1-3-17-12)13(21)19-18-6-7-4-8(15)5-10(16)11(7)20/h1-6,20H,(H,19,21)/b18-6+. The molecule has 0 saturated carbocycles. The molecule has 1 aromatic carbocycles. The fourth-order valence-corrected chi connectivity index (χ4v) is 3.56. The molecule has 0 atom stereocenters. The van der Waals surface area contributed by atoms with Gasteiger partial charge in [0.25, 0.3) is 5.91 Å². The first kappa shape index (κ1) is 16.4. The van der Waals surface area contributed by atoms with Crippen LogP contribution in [0.5, 0.6) is 5.75 Å². The number of hydrogen-bond acceptors (Lipinski definition) is 4. The van der Waals surface area contributed by atoms with Crippen molar-refractivity contribution in [3.63, 3.8) is 0 Å². The fourth-order valence-electron chi connectivity index (χ4n) is 1.46. The zero-order chi connectivity index (χ0) is 15.4. The molecule has 0 spiro atoms. The molecular formula is C13H8ClI2N3O2. The van der Waals surface area contributed by atoms with Crippen LogP contribution in [0.25, 0.3) is 0 Å². The smallest absolute Gasteiger partial charge is 0.274 e. The molecule has 1 aromatic heterocycles. The number of hydrazone groups is 1. The normalized spacial score (nSPS) is 10.8. The molecule has 2 rings (SSSR count). The van der Waals surface area contributed by atoms with E-state index in [0.717, 1.165) is 3.57 Å². The molecule has 1 heterocycles. The second kappa shape index (κ2) is 7.36. The minimum Gasteiger partial charge on any atom is -0.506 e. The number of nitrogens with zero attached hydrogens (tertiary/aromatic N) is 2. The van der Waals surface area contributed by atoms with Crippen molar-refractivity contribution in [1.29, 1.82) is 0 Å². The number of pyridine rings is 1. The lowest BCUT2D eigenvalue weighted by molar-refractivity contribution is 0.0955. The van der Waals surface area contributed by atoms with Crippen molar-refractivity contribution in [2.45, 2.75) is 0 Å². The van der Waals surface area contributed by atoms with Crippen molar-refractivity contribution in [3.05, 3.63) is 53.9 Å². The van der Waals surface area contributed by atoms with Crippen molar-refractivity contribution in [3.8, 4) is 5.75 Å². The molecule has 2 aromatic rings. The number of carbonyl (C=O) groups excluding carboxylic acids is 1. The van der Waals surface area contributed by atoms with Crippen molar-refractivity contribution in [2.75, 3.05) is 0 Å². The predicted octanol–water partition coefficient (Wildman–Crippen LogP) is 3.41. The lowest BCUT2D eigenvalue weighted by Gasteiger charge is -2.03. The highest BCUT2D eigenvalue weighted by molar-refractivity contribution is 14.1. The number of aromatic hydroxyl groups is 1. The molecule has 21 heavy (non-hydrogen) atoms. The summed E-state index contributed by atoms with van der Waals surface area (Å²) in [6.45, 7) is 0. The van der Waals surface area contributed by atoms with E-state index in [-0.39, 0.29) is 16.5 Å². The van der Waals surface area contributed by atoms with E-state index in [2.05, 4.69) is 38.1 Å². The molecule has 8 heteroatoms. The average Bonchev–Trinajstić information content (AvgIpc) is 2.44. The summed E-state index contributed by atoms with van der Waals surface area (Å²) in [6, 6.07) is 6.75. The quantitative estimate of drug-likeness (QED) is 0.278. The summed E-state index contributed by atoms with van der Waals surface area (Å²) in [5.41, 5.74) is 3.10.